The predicted octanol–water partition coefficient (Wildman–Crippen LogP) is 2.41. The summed E-state index contributed by atoms with van der Waals surface area (Å²) >= 11 is 1.95. The predicted molar refractivity (Wildman–Crippen MR) is 88.3 cm³/mol. The van der Waals surface area contributed by atoms with Gasteiger partial charge in [0, 0.05) is 43.0 Å². The van der Waals surface area contributed by atoms with E-state index in [1.165, 1.54) is 54.4 Å². The highest BCUT2D eigenvalue weighted by molar-refractivity contribution is 7.15. The first kappa shape index (κ1) is 14.0. The van der Waals surface area contributed by atoms with E-state index in [1.807, 2.05) is 11.3 Å². The van der Waals surface area contributed by atoms with Crippen molar-refractivity contribution >= 4 is 16.5 Å². The molecule has 1 saturated heterocycles. The molecule has 4 nitrogen and oxygen atoms in total. The molecule has 0 atom stereocenters. The summed E-state index contributed by atoms with van der Waals surface area (Å²) in [4.78, 5) is 11.5. The summed E-state index contributed by atoms with van der Waals surface area (Å²) in [6.07, 6.45) is 6.68. The van der Waals surface area contributed by atoms with Crippen molar-refractivity contribution in [1.82, 2.24) is 15.2 Å². The van der Waals surface area contributed by atoms with Crippen LogP contribution in [0.2, 0.25) is 0 Å². The second kappa shape index (κ2) is 5.86. The SMILES string of the molecule is CN1CCCN(c2nc(C3CC3)c(CNC3CC3)s2)CC1. The Labute approximate surface area is 131 Å². The van der Waals surface area contributed by atoms with Gasteiger partial charge in [-0.1, -0.05) is 0 Å². The first-order chi connectivity index (χ1) is 10.3. The summed E-state index contributed by atoms with van der Waals surface area (Å²) < 4.78 is 0. The van der Waals surface area contributed by atoms with E-state index in [0.29, 0.717) is 0 Å². The van der Waals surface area contributed by atoms with Crippen LogP contribution in [0.4, 0.5) is 5.13 Å². The zero-order valence-electron chi connectivity index (χ0n) is 13.0. The van der Waals surface area contributed by atoms with Crippen molar-refractivity contribution in [2.45, 2.75) is 50.6 Å². The highest BCUT2D eigenvalue weighted by atomic mass is 32.1. The quantitative estimate of drug-likeness (QED) is 0.905. The molecule has 5 heteroatoms. The van der Waals surface area contributed by atoms with Crippen LogP contribution in [0, 0.1) is 0 Å². The third-order valence-electron chi connectivity index (χ3n) is 4.80. The lowest BCUT2D eigenvalue weighted by Gasteiger charge is -2.19. The van der Waals surface area contributed by atoms with E-state index in [-0.39, 0.29) is 0 Å². The van der Waals surface area contributed by atoms with E-state index in [1.54, 1.807) is 0 Å². The van der Waals surface area contributed by atoms with Gasteiger partial charge in [0.05, 0.1) is 5.69 Å². The van der Waals surface area contributed by atoms with Crippen LogP contribution in [-0.2, 0) is 6.54 Å². The van der Waals surface area contributed by atoms with Crippen molar-refractivity contribution in [2.24, 2.45) is 0 Å². The minimum absolute atomic E-state index is 0.764. The Bertz CT molecular complexity index is 492. The Hall–Kier alpha value is -0.650. The number of likely N-dealkylation sites (N-methyl/N-ethyl adjacent to an activating group) is 1. The van der Waals surface area contributed by atoms with Gasteiger partial charge in [0.2, 0.25) is 0 Å². The van der Waals surface area contributed by atoms with Gasteiger partial charge in [-0.2, -0.15) is 0 Å². The number of nitrogens with zero attached hydrogens (tertiary/aromatic N) is 3. The molecule has 0 spiro atoms. The smallest absolute Gasteiger partial charge is 0.185 e. The second-order valence-corrected chi connectivity index (χ2v) is 7.94. The van der Waals surface area contributed by atoms with Crippen LogP contribution in [0.25, 0.3) is 0 Å². The van der Waals surface area contributed by atoms with E-state index in [0.717, 1.165) is 38.1 Å². The summed E-state index contributed by atoms with van der Waals surface area (Å²) in [5.41, 5.74) is 1.42. The van der Waals surface area contributed by atoms with Gasteiger partial charge < -0.3 is 15.1 Å². The Morgan fingerprint density at radius 2 is 2.00 bits per heavy atom. The summed E-state index contributed by atoms with van der Waals surface area (Å²) in [5.74, 6) is 0.764. The molecule has 0 unspecified atom stereocenters. The second-order valence-electron chi connectivity index (χ2n) is 6.88. The monoisotopic (exact) mass is 306 g/mol. The molecule has 2 aliphatic carbocycles. The van der Waals surface area contributed by atoms with Gasteiger partial charge in [-0.25, -0.2) is 4.98 Å². The number of nitrogens with one attached hydrogen (secondary N) is 1. The molecule has 3 aliphatic rings. The lowest BCUT2D eigenvalue weighted by atomic mass is 10.2. The summed E-state index contributed by atoms with van der Waals surface area (Å²) in [5, 5.41) is 4.95. The van der Waals surface area contributed by atoms with Crippen LogP contribution >= 0.6 is 11.3 Å². The van der Waals surface area contributed by atoms with Crippen molar-refractivity contribution < 1.29 is 0 Å². The van der Waals surface area contributed by atoms with Crippen LogP contribution in [-0.4, -0.2) is 49.2 Å². The zero-order chi connectivity index (χ0) is 14.2. The minimum Gasteiger partial charge on any atom is -0.347 e. The Balaban J connectivity index is 1.49. The van der Waals surface area contributed by atoms with E-state index in [2.05, 4.69) is 22.2 Å². The molecule has 116 valence electrons. The van der Waals surface area contributed by atoms with Crippen LogP contribution in [0.5, 0.6) is 0 Å². The molecule has 0 bridgehead atoms. The van der Waals surface area contributed by atoms with Crippen LogP contribution in [0.15, 0.2) is 0 Å². The van der Waals surface area contributed by atoms with Gasteiger partial charge in [0.15, 0.2) is 5.13 Å². The number of aromatic nitrogens is 1. The maximum Gasteiger partial charge on any atom is 0.185 e. The average molecular weight is 306 g/mol. The van der Waals surface area contributed by atoms with Gasteiger partial charge in [-0.05, 0) is 45.7 Å². The molecule has 0 amide bonds. The number of rotatable bonds is 5. The molecule has 3 fully saturated rings. The molecule has 1 aromatic heterocycles. The number of thiazole rings is 1. The van der Waals surface area contributed by atoms with Crippen molar-refractivity contribution in [3.05, 3.63) is 10.6 Å². The van der Waals surface area contributed by atoms with Gasteiger partial charge in [0.1, 0.15) is 0 Å². The zero-order valence-corrected chi connectivity index (χ0v) is 13.8. The van der Waals surface area contributed by atoms with Gasteiger partial charge in [-0.3, -0.25) is 0 Å². The minimum atomic E-state index is 0.764. The third-order valence-corrected chi connectivity index (χ3v) is 5.93. The number of hydrogen-bond acceptors (Lipinski definition) is 5. The Morgan fingerprint density at radius 1 is 1.14 bits per heavy atom. The number of hydrogen-bond donors (Lipinski definition) is 1. The Morgan fingerprint density at radius 3 is 2.76 bits per heavy atom. The molecule has 1 N–H and O–H groups in total. The van der Waals surface area contributed by atoms with Crippen molar-refractivity contribution in [2.75, 3.05) is 38.1 Å². The van der Waals surface area contributed by atoms with Gasteiger partial charge >= 0.3 is 0 Å². The lowest BCUT2D eigenvalue weighted by molar-refractivity contribution is 0.360. The molecular formula is C16H26N4S. The summed E-state index contributed by atoms with van der Waals surface area (Å²) in [6.45, 7) is 5.71. The average Bonchev–Trinajstić information content (AvgIpc) is 3.36. The van der Waals surface area contributed by atoms with Crippen LogP contribution in [0.3, 0.4) is 0 Å². The molecule has 0 aromatic carbocycles. The fourth-order valence-corrected chi connectivity index (χ4v) is 4.20. The summed E-state index contributed by atoms with van der Waals surface area (Å²) in [7, 11) is 2.23. The normalized spacial score (nSPS) is 24.3. The first-order valence-electron chi connectivity index (χ1n) is 8.46. The van der Waals surface area contributed by atoms with Gasteiger partial charge in [-0.15, -0.1) is 11.3 Å². The third kappa shape index (κ3) is 3.41. The van der Waals surface area contributed by atoms with Crippen molar-refractivity contribution in [3.8, 4) is 0 Å². The fourth-order valence-electron chi connectivity index (χ4n) is 3.05. The van der Waals surface area contributed by atoms with Crippen molar-refractivity contribution in [3.63, 3.8) is 0 Å². The van der Waals surface area contributed by atoms with Crippen molar-refractivity contribution in [1.29, 1.82) is 0 Å². The topological polar surface area (TPSA) is 31.4 Å². The maximum absolute atomic E-state index is 5.05. The molecule has 21 heavy (non-hydrogen) atoms. The van der Waals surface area contributed by atoms with Gasteiger partial charge in [0.25, 0.3) is 0 Å². The van der Waals surface area contributed by atoms with Crippen LogP contribution < -0.4 is 10.2 Å². The van der Waals surface area contributed by atoms with E-state index in [4.69, 9.17) is 4.98 Å². The standard InChI is InChI=1S/C16H26N4S/c1-19-7-2-8-20(10-9-19)16-18-15(12-3-4-12)14(21-16)11-17-13-5-6-13/h12-13,17H,2-11H2,1H3. The Kier molecular flexibility index (Phi) is 3.90. The maximum atomic E-state index is 5.05. The van der Waals surface area contributed by atoms with E-state index in [9.17, 15) is 0 Å². The molecule has 0 radical (unpaired) electrons. The molecule has 1 aromatic rings. The fraction of sp³-hybridized carbons (Fsp3) is 0.812. The van der Waals surface area contributed by atoms with Crippen LogP contribution in [0.1, 0.15) is 48.6 Å². The molecule has 2 heterocycles. The van der Waals surface area contributed by atoms with E-state index < -0.39 is 0 Å². The van der Waals surface area contributed by atoms with E-state index >= 15 is 0 Å². The summed E-state index contributed by atoms with van der Waals surface area (Å²) in [6, 6.07) is 0.787. The molecule has 4 rings (SSSR count). The number of anilines is 1. The highest BCUT2D eigenvalue weighted by Gasteiger charge is 2.31. The largest absolute Gasteiger partial charge is 0.347 e. The lowest BCUT2D eigenvalue weighted by Crippen LogP contribution is -2.28. The first-order valence-corrected chi connectivity index (χ1v) is 9.28. The molecule has 1 aliphatic heterocycles. The molecule has 2 saturated carbocycles. The highest BCUT2D eigenvalue weighted by Crippen LogP contribution is 2.44. The molecular weight excluding hydrogens is 280 g/mol.